The summed E-state index contributed by atoms with van der Waals surface area (Å²) in [6.45, 7) is 5.98. The van der Waals surface area contributed by atoms with E-state index in [-0.39, 0.29) is 37.1 Å². The lowest BCUT2D eigenvalue weighted by Crippen LogP contribution is -2.38. The second-order valence-electron chi connectivity index (χ2n) is 7.72. The number of amides is 4. The monoisotopic (exact) mass is 357 g/mol. The van der Waals surface area contributed by atoms with Crippen LogP contribution in [0, 0.1) is 5.41 Å². The molecule has 0 spiro atoms. The standard InChI is InChI=1S/C19H23N3O4/c1-19(2,3)18(26)21-9-8-12-4-5-13(10-14(12)21)20-15(23)11-22-16(24)6-7-17(22)25/h4-5,10H,6-9,11H2,1-3H3,(H,20,23). The number of hydrogen-bond donors (Lipinski definition) is 1. The van der Waals surface area contributed by atoms with Gasteiger partial charge in [0.1, 0.15) is 6.54 Å². The molecule has 3 rings (SSSR count). The first-order valence-corrected chi connectivity index (χ1v) is 8.75. The topological polar surface area (TPSA) is 86.8 Å². The highest BCUT2D eigenvalue weighted by Crippen LogP contribution is 2.34. The Morgan fingerprint density at radius 3 is 2.35 bits per heavy atom. The number of anilines is 2. The molecule has 0 aliphatic carbocycles. The SMILES string of the molecule is CC(C)(C)C(=O)N1CCc2ccc(NC(=O)CN3C(=O)CCC3=O)cc21. The molecule has 1 aromatic rings. The molecule has 2 aliphatic heterocycles. The molecule has 7 heteroatoms. The van der Waals surface area contributed by atoms with Gasteiger partial charge < -0.3 is 10.2 Å². The molecule has 1 saturated heterocycles. The second kappa shape index (κ2) is 6.55. The summed E-state index contributed by atoms with van der Waals surface area (Å²) in [5, 5.41) is 2.71. The van der Waals surface area contributed by atoms with Crippen molar-refractivity contribution in [2.24, 2.45) is 5.41 Å². The average molecular weight is 357 g/mol. The molecule has 1 N–H and O–H groups in total. The number of likely N-dealkylation sites (tertiary alicyclic amines) is 1. The molecule has 1 aromatic carbocycles. The van der Waals surface area contributed by atoms with E-state index in [9.17, 15) is 19.2 Å². The van der Waals surface area contributed by atoms with Crippen LogP contribution in [0.25, 0.3) is 0 Å². The van der Waals surface area contributed by atoms with E-state index in [1.165, 1.54) is 0 Å². The van der Waals surface area contributed by atoms with E-state index in [1.807, 2.05) is 26.8 Å². The number of carbonyl (C=O) groups excluding carboxylic acids is 4. The average Bonchev–Trinajstić information content (AvgIpc) is 3.11. The predicted octanol–water partition coefficient (Wildman–Crippen LogP) is 1.71. The molecule has 0 aromatic heterocycles. The van der Waals surface area contributed by atoms with Crippen LogP contribution < -0.4 is 10.2 Å². The Morgan fingerprint density at radius 2 is 1.73 bits per heavy atom. The Morgan fingerprint density at radius 1 is 1.08 bits per heavy atom. The molecule has 0 saturated carbocycles. The van der Waals surface area contributed by atoms with Crippen LogP contribution in [0.4, 0.5) is 11.4 Å². The Bertz CT molecular complexity index is 778. The van der Waals surface area contributed by atoms with E-state index in [2.05, 4.69) is 5.32 Å². The van der Waals surface area contributed by atoms with Crippen molar-refractivity contribution >= 4 is 35.0 Å². The Balaban J connectivity index is 1.73. The minimum absolute atomic E-state index is 0.0352. The van der Waals surface area contributed by atoms with Gasteiger partial charge in [-0.2, -0.15) is 0 Å². The maximum Gasteiger partial charge on any atom is 0.244 e. The molecule has 7 nitrogen and oxygen atoms in total. The summed E-state index contributed by atoms with van der Waals surface area (Å²) >= 11 is 0. The zero-order chi connectivity index (χ0) is 19.1. The maximum absolute atomic E-state index is 12.6. The van der Waals surface area contributed by atoms with Crippen molar-refractivity contribution in [2.45, 2.75) is 40.0 Å². The van der Waals surface area contributed by atoms with Crippen LogP contribution in [-0.2, 0) is 25.6 Å². The minimum atomic E-state index is -0.489. The molecular formula is C19H23N3O4. The highest BCUT2D eigenvalue weighted by molar-refractivity contribution is 6.06. The molecule has 0 atom stereocenters. The summed E-state index contributed by atoms with van der Waals surface area (Å²) in [6, 6.07) is 5.44. The van der Waals surface area contributed by atoms with Crippen LogP contribution in [0.5, 0.6) is 0 Å². The summed E-state index contributed by atoms with van der Waals surface area (Å²) in [4.78, 5) is 50.8. The number of benzene rings is 1. The first-order valence-electron chi connectivity index (χ1n) is 8.75. The van der Waals surface area contributed by atoms with Crippen molar-refractivity contribution in [3.8, 4) is 0 Å². The van der Waals surface area contributed by atoms with Gasteiger partial charge in [-0.3, -0.25) is 24.1 Å². The van der Waals surface area contributed by atoms with Crippen LogP contribution in [0.3, 0.4) is 0 Å². The quantitative estimate of drug-likeness (QED) is 0.835. The van der Waals surface area contributed by atoms with Gasteiger partial charge in [-0.15, -0.1) is 0 Å². The van der Waals surface area contributed by atoms with Crippen molar-refractivity contribution in [1.82, 2.24) is 4.90 Å². The van der Waals surface area contributed by atoms with Gasteiger partial charge in [-0.1, -0.05) is 26.8 Å². The summed E-state index contributed by atoms with van der Waals surface area (Å²) in [5.41, 5.74) is 1.92. The largest absolute Gasteiger partial charge is 0.324 e. The Labute approximate surface area is 152 Å². The van der Waals surface area contributed by atoms with Gasteiger partial charge in [0, 0.05) is 36.2 Å². The first kappa shape index (κ1) is 18.1. The van der Waals surface area contributed by atoms with Gasteiger partial charge in [0.15, 0.2) is 0 Å². The van der Waals surface area contributed by atoms with Crippen LogP contribution >= 0.6 is 0 Å². The fourth-order valence-corrected chi connectivity index (χ4v) is 3.22. The van der Waals surface area contributed by atoms with Gasteiger partial charge in [-0.05, 0) is 24.1 Å². The van der Waals surface area contributed by atoms with Crippen LogP contribution in [-0.4, -0.2) is 41.6 Å². The van der Waals surface area contributed by atoms with E-state index < -0.39 is 11.3 Å². The van der Waals surface area contributed by atoms with Crippen molar-refractivity contribution in [1.29, 1.82) is 0 Å². The fourth-order valence-electron chi connectivity index (χ4n) is 3.22. The Hall–Kier alpha value is -2.70. The molecule has 0 unspecified atom stereocenters. The third-order valence-electron chi connectivity index (χ3n) is 4.61. The molecule has 2 heterocycles. The molecule has 4 amide bonds. The van der Waals surface area contributed by atoms with Crippen molar-refractivity contribution in [2.75, 3.05) is 23.3 Å². The number of carbonyl (C=O) groups is 4. The molecule has 1 fully saturated rings. The lowest BCUT2D eigenvalue weighted by molar-refractivity contribution is -0.141. The van der Waals surface area contributed by atoms with Crippen LogP contribution in [0.15, 0.2) is 18.2 Å². The summed E-state index contributed by atoms with van der Waals surface area (Å²) in [7, 11) is 0. The van der Waals surface area contributed by atoms with E-state index in [1.54, 1.807) is 17.0 Å². The number of rotatable bonds is 3. The number of hydrogen-bond acceptors (Lipinski definition) is 4. The van der Waals surface area contributed by atoms with Gasteiger partial charge in [0.05, 0.1) is 0 Å². The van der Waals surface area contributed by atoms with Crippen molar-refractivity contribution in [3.63, 3.8) is 0 Å². The number of nitrogens with zero attached hydrogens (tertiary/aromatic N) is 2. The molecule has 26 heavy (non-hydrogen) atoms. The van der Waals surface area contributed by atoms with Gasteiger partial charge >= 0.3 is 0 Å². The molecule has 2 aliphatic rings. The molecule has 138 valence electrons. The Kier molecular flexibility index (Phi) is 4.56. The normalized spacial score (nSPS) is 16.9. The summed E-state index contributed by atoms with van der Waals surface area (Å²) in [6.07, 6.45) is 1.10. The molecule has 0 radical (unpaired) electrons. The van der Waals surface area contributed by atoms with Crippen molar-refractivity contribution < 1.29 is 19.2 Å². The zero-order valence-electron chi connectivity index (χ0n) is 15.3. The minimum Gasteiger partial charge on any atom is -0.324 e. The van der Waals surface area contributed by atoms with Crippen molar-refractivity contribution in [3.05, 3.63) is 23.8 Å². The van der Waals surface area contributed by atoms with E-state index >= 15 is 0 Å². The highest BCUT2D eigenvalue weighted by Gasteiger charge is 2.33. The molecule has 0 bridgehead atoms. The maximum atomic E-state index is 12.6. The third kappa shape index (κ3) is 3.47. The third-order valence-corrected chi connectivity index (χ3v) is 4.61. The van der Waals surface area contributed by atoms with E-state index in [0.29, 0.717) is 12.2 Å². The molecular weight excluding hydrogens is 334 g/mol. The lowest BCUT2D eigenvalue weighted by Gasteiger charge is -2.26. The van der Waals surface area contributed by atoms with E-state index in [4.69, 9.17) is 0 Å². The lowest BCUT2D eigenvalue weighted by atomic mass is 9.94. The second-order valence-corrected chi connectivity index (χ2v) is 7.72. The predicted molar refractivity (Wildman–Crippen MR) is 96.5 cm³/mol. The zero-order valence-corrected chi connectivity index (χ0v) is 15.3. The van der Waals surface area contributed by atoms with E-state index in [0.717, 1.165) is 22.6 Å². The summed E-state index contributed by atoms with van der Waals surface area (Å²) < 4.78 is 0. The number of imide groups is 1. The van der Waals surface area contributed by atoms with Crippen LogP contribution in [0.2, 0.25) is 0 Å². The fraction of sp³-hybridized carbons (Fsp3) is 0.474. The first-order chi connectivity index (χ1) is 12.2. The number of nitrogens with one attached hydrogen (secondary N) is 1. The highest BCUT2D eigenvalue weighted by atomic mass is 16.2. The number of fused-ring (bicyclic) bond motifs is 1. The smallest absolute Gasteiger partial charge is 0.244 e. The summed E-state index contributed by atoms with van der Waals surface area (Å²) in [5.74, 6) is -1.03. The van der Waals surface area contributed by atoms with Gasteiger partial charge in [0.25, 0.3) is 0 Å². The van der Waals surface area contributed by atoms with Crippen LogP contribution in [0.1, 0.15) is 39.2 Å². The van der Waals surface area contributed by atoms with Gasteiger partial charge in [-0.25, -0.2) is 0 Å². The van der Waals surface area contributed by atoms with Gasteiger partial charge in [0.2, 0.25) is 23.6 Å².